The summed E-state index contributed by atoms with van der Waals surface area (Å²) >= 11 is 0. The van der Waals surface area contributed by atoms with Gasteiger partial charge in [0.05, 0.1) is 11.0 Å². The first-order valence-electron chi connectivity index (χ1n) is 8.93. The molecule has 1 atom stereocenters. The number of hydrogen-bond donors (Lipinski definition) is 1. The number of benzene rings is 1. The summed E-state index contributed by atoms with van der Waals surface area (Å²) in [5.41, 5.74) is 0.870. The van der Waals surface area contributed by atoms with Gasteiger partial charge in [-0.05, 0) is 43.5 Å². The average molecular weight is 387 g/mol. The molecule has 1 aliphatic rings. The van der Waals surface area contributed by atoms with E-state index in [0.29, 0.717) is 12.3 Å². The number of ether oxygens (including phenoxy) is 2. The second kappa shape index (κ2) is 9.14. The van der Waals surface area contributed by atoms with Crippen molar-refractivity contribution in [3.8, 4) is 5.75 Å². The summed E-state index contributed by atoms with van der Waals surface area (Å²) in [7, 11) is 0. The maximum atomic E-state index is 11.8. The molecule has 0 bridgehead atoms. The van der Waals surface area contributed by atoms with Gasteiger partial charge in [0.15, 0.2) is 12.3 Å². The molecule has 1 aliphatic heterocycles. The Hall–Kier alpha value is -3.20. The second-order valence-corrected chi connectivity index (χ2v) is 6.37. The molecule has 9 heteroatoms. The number of carbonyl (C=O) groups excluding carboxylic acids is 1. The van der Waals surface area contributed by atoms with E-state index >= 15 is 0 Å². The van der Waals surface area contributed by atoms with E-state index < -0.39 is 4.92 Å². The predicted molar refractivity (Wildman–Crippen MR) is 101 cm³/mol. The van der Waals surface area contributed by atoms with Crippen molar-refractivity contribution >= 4 is 23.7 Å². The van der Waals surface area contributed by atoms with Gasteiger partial charge in [-0.3, -0.25) is 14.9 Å². The van der Waals surface area contributed by atoms with Crippen LogP contribution in [0.2, 0.25) is 0 Å². The number of rotatable bonds is 8. The van der Waals surface area contributed by atoms with E-state index in [4.69, 9.17) is 14.0 Å². The molecule has 28 heavy (non-hydrogen) atoms. The monoisotopic (exact) mass is 387 g/mol. The number of aryl methyl sites for hydroxylation is 1. The van der Waals surface area contributed by atoms with Gasteiger partial charge in [0.1, 0.15) is 5.75 Å². The Morgan fingerprint density at radius 3 is 2.86 bits per heavy atom. The fourth-order valence-corrected chi connectivity index (χ4v) is 2.79. The summed E-state index contributed by atoms with van der Waals surface area (Å²) in [4.78, 5) is 22.3. The van der Waals surface area contributed by atoms with Crippen LogP contribution in [-0.2, 0) is 9.53 Å². The van der Waals surface area contributed by atoms with Gasteiger partial charge in [-0.2, -0.15) is 0 Å². The number of nitrogens with zero attached hydrogens (tertiary/aromatic N) is 2. The molecule has 1 N–H and O–H groups in total. The maximum absolute atomic E-state index is 11.8. The zero-order valence-electron chi connectivity index (χ0n) is 15.4. The van der Waals surface area contributed by atoms with Crippen molar-refractivity contribution in [2.24, 2.45) is 0 Å². The summed E-state index contributed by atoms with van der Waals surface area (Å²) in [5.74, 6) is 0.434. The summed E-state index contributed by atoms with van der Waals surface area (Å²) in [6.07, 6.45) is 5.25. The molecule has 0 saturated carbocycles. The van der Waals surface area contributed by atoms with Crippen molar-refractivity contribution in [3.05, 3.63) is 51.4 Å². The SMILES string of the molecule is Cc1noc(/C=C/c2ccc(OCC(=O)NCC3CCCO3)cc2)c1[N+](=O)[O-]. The quantitative estimate of drug-likeness (QED) is 0.547. The van der Waals surface area contributed by atoms with E-state index in [1.807, 2.05) is 0 Å². The minimum absolute atomic E-state index is 0.0779. The van der Waals surface area contributed by atoms with Gasteiger partial charge in [-0.25, -0.2) is 0 Å². The Morgan fingerprint density at radius 2 is 2.18 bits per heavy atom. The smallest absolute Gasteiger partial charge is 0.338 e. The largest absolute Gasteiger partial charge is 0.484 e. The third-order valence-corrected chi connectivity index (χ3v) is 4.27. The molecule has 3 rings (SSSR count). The second-order valence-electron chi connectivity index (χ2n) is 6.37. The van der Waals surface area contributed by atoms with E-state index in [2.05, 4.69) is 10.5 Å². The van der Waals surface area contributed by atoms with Crippen LogP contribution in [0.4, 0.5) is 5.69 Å². The Labute approximate surface area is 161 Å². The molecule has 2 heterocycles. The topological polar surface area (TPSA) is 117 Å². The number of nitrogens with one attached hydrogen (secondary N) is 1. The molecule has 1 aromatic heterocycles. The van der Waals surface area contributed by atoms with Crippen molar-refractivity contribution in [2.75, 3.05) is 19.8 Å². The van der Waals surface area contributed by atoms with E-state index in [0.717, 1.165) is 25.0 Å². The van der Waals surface area contributed by atoms with Crippen molar-refractivity contribution in [3.63, 3.8) is 0 Å². The lowest BCUT2D eigenvalue weighted by molar-refractivity contribution is -0.386. The Bertz CT molecular complexity index is 853. The van der Waals surface area contributed by atoms with Crippen molar-refractivity contribution in [2.45, 2.75) is 25.9 Å². The highest BCUT2D eigenvalue weighted by Crippen LogP contribution is 2.24. The van der Waals surface area contributed by atoms with Crippen LogP contribution in [0, 0.1) is 17.0 Å². The van der Waals surface area contributed by atoms with Crippen molar-refractivity contribution in [1.82, 2.24) is 10.5 Å². The third-order valence-electron chi connectivity index (χ3n) is 4.27. The minimum atomic E-state index is -0.521. The lowest BCUT2D eigenvalue weighted by atomic mass is 10.2. The fourth-order valence-electron chi connectivity index (χ4n) is 2.79. The molecular formula is C19H21N3O6. The summed E-state index contributed by atoms with van der Waals surface area (Å²) in [6, 6.07) is 6.97. The molecule has 1 unspecified atom stereocenters. The van der Waals surface area contributed by atoms with Crippen LogP contribution in [-0.4, -0.2) is 41.8 Å². The number of carbonyl (C=O) groups is 1. The number of aromatic nitrogens is 1. The molecule has 1 saturated heterocycles. The van der Waals surface area contributed by atoms with E-state index in [-0.39, 0.29) is 35.8 Å². The van der Waals surface area contributed by atoms with Crippen LogP contribution in [0.5, 0.6) is 5.75 Å². The van der Waals surface area contributed by atoms with Crippen LogP contribution in [0.25, 0.3) is 12.2 Å². The zero-order valence-corrected chi connectivity index (χ0v) is 15.4. The predicted octanol–water partition coefficient (Wildman–Crippen LogP) is 2.74. The van der Waals surface area contributed by atoms with Crippen molar-refractivity contribution in [1.29, 1.82) is 0 Å². The van der Waals surface area contributed by atoms with Gasteiger partial charge in [0, 0.05) is 13.2 Å². The van der Waals surface area contributed by atoms with Gasteiger partial charge in [-0.1, -0.05) is 23.4 Å². The van der Waals surface area contributed by atoms with Crippen LogP contribution in [0.3, 0.4) is 0 Å². The summed E-state index contributed by atoms with van der Waals surface area (Å²) < 4.78 is 15.9. The number of amides is 1. The summed E-state index contributed by atoms with van der Waals surface area (Å²) in [5, 5.41) is 17.4. The van der Waals surface area contributed by atoms with Gasteiger partial charge < -0.3 is 19.3 Å². The van der Waals surface area contributed by atoms with E-state index in [9.17, 15) is 14.9 Å². The molecule has 9 nitrogen and oxygen atoms in total. The highest BCUT2D eigenvalue weighted by atomic mass is 16.6. The van der Waals surface area contributed by atoms with Crippen molar-refractivity contribution < 1.29 is 23.7 Å². The molecule has 0 aliphatic carbocycles. The van der Waals surface area contributed by atoms with Gasteiger partial charge in [0.2, 0.25) is 5.76 Å². The highest BCUT2D eigenvalue weighted by Gasteiger charge is 2.21. The first-order chi connectivity index (χ1) is 13.5. The normalized spacial score (nSPS) is 16.4. The Kier molecular flexibility index (Phi) is 6.38. The minimum Gasteiger partial charge on any atom is -0.484 e. The summed E-state index contributed by atoms with van der Waals surface area (Å²) in [6.45, 7) is 2.69. The fraction of sp³-hybridized carbons (Fsp3) is 0.368. The molecular weight excluding hydrogens is 366 g/mol. The van der Waals surface area contributed by atoms with Gasteiger partial charge in [-0.15, -0.1) is 0 Å². The van der Waals surface area contributed by atoms with Crippen LogP contribution < -0.4 is 10.1 Å². The Morgan fingerprint density at radius 1 is 1.39 bits per heavy atom. The number of hydrogen-bond acceptors (Lipinski definition) is 7. The lowest BCUT2D eigenvalue weighted by Crippen LogP contribution is -2.35. The lowest BCUT2D eigenvalue weighted by Gasteiger charge is -2.11. The third kappa shape index (κ3) is 5.17. The molecule has 0 spiro atoms. The first kappa shape index (κ1) is 19.6. The zero-order chi connectivity index (χ0) is 19.9. The van der Waals surface area contributed by atoms with E-state index in [1.54, 1.807) is 30.3 Å². The molecule has 1 aromatic carbocycles. The van der Waals surface area contributed by atoms with Crippen LogP contribution in [0.15, 0.2) is 28.8 Å². The van der Waals surface area contributed by atoms with Gasteiger partial charge in [0.25, 0.3) is 5.91 Å². The standard InChI is InChI=1S/C19H21N3O6/c1-13-19(22(24)25)17(28-21-13)9-6-14-4-7-15(8-5-14)27-12-18(23)20-11-16-3-2-10-26-16/h4-9,16H,2-3,10-12H2,1H3,(H,20,23)/b9-6+. The molecule has 2 aromatic rings. The first-order valence-corrected chi connectivity index (χ1v) is 8.93. The van der Waals surface area contributed by atoms with Crippen LogP contribution in [0.1, 0.15) is 29.9 Å². The molecule has 1 amide bonds. The highest BCUT2D eigenvalue weighted by molar-refractivity contribution is 5.77. The Balaban J connectivity index is 1.49. The molecule has 1 fully saturated rings. The van der Waals surface area contributed by atoms with E-state index in [1.165, 1.54) is 13.0 Å². The maximum Gasteiger partial charge on any atom is 0.338 e. The molecule has 0 radical (unpaired) electrons. The van der Waals surface area contributed by atoms with Crippen LogP contribution >= 0.6 is 0 Å². The molecule has 148 valence electrons. The average Bonchev–Trinajstić information content (AvgIpc) is 3.33. The number of nitro groups is 1. The van der Waals surface area contributed by atoms with Gasteiger partial charge >= 0.3 is 5.69 Å².